The number of carbonyl (C=O) groups is 1. The predicted octanol–water partition coefficient (Wildman–Crippen LogP) is 3.22. The number of phenolic OH excluding ortho intramolecular Hbond substituents is 2. The molecule has 20 heavy (non-hydrogen) atoms. The second kappa shape index (κ2) is 4.83. The molecule has 2 N–H and O–H groups in total. The number of hydrogen-bond donors (Lipinski definition) is 2. The molecule has 0 amide bonds. The third-order valence-electron chi connectivity index (χ3n) is 3.35. The first kappa shape index (κ1) is 13.0. The second-order valence-electron chi connectivity index (χ2n) is 4.59. The van der Waals surface area contributed by atoms with E-state index in [-0.39, 0.29) is 23.9 Å². The van der Waals surface area contributed by atoms with Crippen LogP contribution in [0, 0.1) is 0 Å². The highest BCUT2D eigenvalue weighted by atomic mass is 79.9. The molecule has 0 bridgehead atoms. The van der Waals surface area contributed by atoms with Crippen molar-refractivity contribution in [3.8, 4) is 17.2 Å². The Bertz CT molecular complexity index is 679. The van der Waals surface area contributed by atoms with Gasteiger partial charge in [0.05, 0.1) is 11.5 Å². The Hall–Kier alpha value is -2.01. The van der Waals surface area contributed by atoms with Crippen molar-refractivity contribution in [1.29, 1.82) is 0 Å². The van der Waals surface area contributed by atoms with E-state index in [1.165, 1.54) is 6.07 Å². The van der Waals surface area contributed by atoms with Crippen LogP contribution in [0.15, 0.2) is 40.9 Å². The molecule has 0 unspecified atom stereocenters. The molecule has 3 rings (SSSR count). The summed E-state index contributed by atoms with van der Waals surface area (Å²) in [5, 5.41) is 18.9. The molecule has 5 heteroatoms. The Morgan fingerprint density at radius 2 is 1.80 bits per heavy atom. The van der Waals surface area contributed by atoms with Crippen molar-refractivity contribution in [2.75, 3.05) is 6.61 Å². The lowest BCUT2D eigenvalue weighted by atomic mass is 9.89. The van der Waals surface area contributed by atoms with Gasteiger partial charge in [0.1, 0.15) is 28.3 Å². The Balaban J connectivity index is 2.01. The number of benzene rings is 2. The SMILES string of the molecule is O=C1c2ccc(O)c(Br)c2OC[C@@H]1c1ccc(O)cc1. The van der Waals surface area contributed by atoms with Gasteiger partial charge in [-0.3, -0.25) is 4.79 Å². The monoisotopic (exact) mass is 334 g/mol. The smallest absolute Gasteiger partial charge is 0.177 e. The van der Waals surface area contributed by atoms with Crippen molar-refractivity contribution >= 4 is 21.7 Å². The minimum atomic E-state index is -0.403. The fourth-order valence-electron chi connectivity index (χ4n) is 2.27. The largest absolute Gasteiger partial charge is 0.508 e. The van der Waals surface area contributed by atoms with E-state index in [2.05, 4.69) is 15.9 Å². The van der Waals surface area contributed by atoms with Crippen LogP contribution in [0.4, 0.5) is 0 Å². The van der Waals surface area contributed by atoms with Crippen molar-refractivity contribution in [2.24, 2.45) is 0 Å². The summed E-state index contributed by atoms with van der Waals surface area (Å²) < 4.78 is 6.01. The topological polar surface area (TPSA) is 66.8 Å². The summed E-state index contributed by atoms with van der Waals surface area (Å²) in [4.78, 5) is 12.5. The summed E-state index contributed by atoms with van der Waals surface area (Å²) in [7, 11) is 0. The molecule has 0 aliphatic carbocycles. The Labute approximate surface area is 123 Å². The van der Waals surface area contributed by atoms with E-state index < -0.39 is 5.92 Å². The van der Waals surface area contributed by atoms with Crippen LogP contribution in [0.1, 0.15) is 21.8 Å². The molecule has 4 nitrogen and oxygen atoms in total. The predicted molar refractivity (Wildman–Crippen MR) is 76.5 cm³/mol. The number of aromatic hydroxyl groups is 2. The van der Waals surface area contributed by atoms with Crippen LogP contribution in [-0.2, 0) is 0 Å². The van der Waals surface area contributed by atoms with Crippen molar-refractivity contribution < 1.29 is 19.7 Å². The lowest BCUT2D eigenvalue weighted by Crippen LogP contribution is -2.26. The first-order chi connectivity index (χ1) is 9.58. The van der Waals surface area contributed by atoms with Crippen molar-refractivity contribution in [1.82, 2.24) is 0 Å². The van der Waals surface area contributed by atoms with Gasteiger partial charge >= 0.3 is 0 Å². The zero-order chi connectivity index (χ0) is 14.3. The summed E-state index contributed by atoms with van der Waals surface area (Å²) >= 11 is 3.22. The van der Waals surface area contributed by atoms with Gasteiger partial charge in [-0.2, -0.15) is 0 Å². The van der Waals surface area contributed by atoms with Gasteiger partial charge in [-0.05, 0) is 45.8 Å². The summed E-state index contributed by atoms with van der Waals surface area (Å²) in [6.07, 6.45) is 0. The van der Waals surface area contributed by atoms with Gasteiger partial charge in [0.25, 0.3) is 0 Å². The maximum atomic E-state index is 12.5. The van der Waals surface area contributed by atoms with Crippen LogP contribution in [0.3, 0.4) is 0 Å². The number of Topliss-reactive ketones (excluding diaryl/α,β-unsaturated/α-hetero) is 1. The average Bonchev–Trinajstić information content (AvgIpc) is 2.45. The molecule has 1 aliphatic heterocycles. The number of fused-ring (bicyclic) bond motifs is 1. The van der Waals surface area contributed by atoms with Gasteiger partial charge in [0.15, 0.2) is 5.78 Å². The number of halogens is 1. The van der Waals surface area contributed by atoms with Crippen LogP contribution in [0.5, 0.6) is 17.2 Å². The molecule has 2 aromatic carbocycles. The minimum Gasteiger partial charge on any atom is -0.508 e. The molecule has 1 atom stereocenters. The lowest BCUT2D eigenvalue weighted by Gasteiger charge is -2.25. The average molecular weight is 335 g/mol. The molecular formula is C15H11BrO4. The van der Waals surface area contributed by atoms with E-state index in [4.69, 9.17) is 4.74 Å². The molecule has 102 valence electrons. The van der Waals surface area contributed by atoms with E-state index in [9.17, 15) is 15.0 Å². The first-order valence-electron chi connectivity index (χ1n) is 6.05. The van der Waals surface area contributed by atoms with Crippen LogP contribution in [0.2, 0.25) is 0 Å². The summed E-state index contributed by atoms with van der Waals surface area (Å²) in [5.74, 6) is 0.118. The van der Waals surface area contributed by atoms with Gasteiger partial charge in [0, 0.05) is 0 Å². The highest BCUT2D eigenvalue weighted by Gasteiger charge is 2.32. The standard InChI is InChI=1S/C15H11BrO4/c16-13-12(18)6-5-10-14(19)11(7-20-15(10)13)8-1-3-9(17)4-2-8/h1-6,11,17-18H,7H2/t11-/m1/s1. The molecule has 0 aromatic heterocycles. The normalized spacial score (nSPS) is 17.4. The molecular weight excluding hydrogens is 324 g/mol. The number of hydrogen-bond acceptors (Lipinski definition) is 4. The van der Waals surface area contributed by atoms with Crippen LogP contribution in [-0.4, -0.2) is 22.6 Å². The highest BCUT2D eigenvalue weighted by Crippen LogP contribution is 2.41. The molecule has 1 aliphatic rings. The minimum absolute atomic E-state index is 0.0413. The highest BCUT2D eigenvalue weighted by molar-refractivity contribution is 9.10. The van der Waals surface area contributed by atoms with E-state index in [1.54, 1.807) is 30.3 Å². The third kappa shape index (κ3) is 2.04. The maximum Gasteiger partial charge on any atom is 0.177 e. The van der Waals surface area contributed by atoms with Crippen LogP contribution >= 0.6 is 15.9 Å². The molecule has 0 spiro atoms. The van der Waals surface area contributed by atoms with Gasteiger partial charge in [-0.1, -0.05) is 12.1 Å². The molecule has 1 heterocycles. The zero-order valence-corrected chi connectivity index (χ0v) is 11.9. The Morgan fingerprint density at radius 1 is 1.10 bits per heavy atom. The van der Waals surface area contributed by atoms with E-state index >= 15 is 0 Å². The first-order valence-corrected chi connectivity index (χ1v) is 6.84. The quantitative estimate of drug-likeness (QED) is 0.840. The van der Waals surface area contributed by atoms with Gasteiger partial charge in [-0.25, -0.2) is 0 Å². The number of ketones is 1. The summed E-state index contributed by atoms with van der Waals surface area (Å²) in [6.45, 7) is 0.207. The van der Waals surface area contributed by atoms with Crippen LogP contribution in [0.25, 0.3) is 0 Å². The van der Waals surface area contributed by atoms with Crippen molar-refractivity contribution in [3.05, 3.63) is 52.0 Å². The molecule has 0 saturated carbocycles. The zero-order valence-electron chi connectivity index (χ0n) is 10.3. The fraction of sp³-hybridized carbons (Fsp3) is 0.133. The van der Waals surface area contributed by atoms with Crippen molar-refractivity contribution in [3.63, 3.8) is 0 Å². The fourth-order valence-corrected chi connectivity index (χ4v) is 2.73. The number of ether oxygens (including phenoxy) is 1. The second-order valence-corrected chi connectivity index (χ2v) is 5.39. The molecule has 2 aromatic rings. The van der Waals surface area contributed by atoms with Crippen LogP contribution < -0.4 is 4.74 Å². The number of rotatable bonds is 1. The molecule has 0 saturated heterocycles. The number of phenols is 2. The Morgan fingerprint density at radius 3 is 2.50 bits per heavy atom. The van der Waals surface area contributed by atoms with E-state index in [1.807, 2.05) is 0 Å². The van der Waals surface area contributed by atoms with E-state index in [0.29, 0.717) is 15.8 Å². The van der Waals surface area contributed by atoms with Gasteiger partial charge in [-0.15, -0.1) is 0 Å². The molecule has 0 radical (unpaired) electrons. The van der Waals surface area contributed by atoms with Crippen molar-refractivity contribution in [2.45, 2.75) is 5.92 Å². The van der Waals surface area contributed by atoms with Gasteiger partial charge < -0.3 is 14.9 Å². The van der Waals surface area contributed by atoms with Gasteiger partial charge in [0.2, 0.25) is 0 Å². The summed E-state index contributed by atoms with van der Waals surface area (Å²) in [6, 6.07) is 9.53. The Kier molecular flexibility index (Phi) is 3.14. The third-order valence-corrected chi connectivity index (χ3v) is 4.11. The maximum absolute atomic E-state index is 12.5. The van der Waals surface area contributed by atoms with E-state index in [0.717, 1.165) is 5.56 Å². The molecule has 0 fully saturated rings. The summed E-state index contributed by atoms with van der Waals surface area (Å²) in [5.41, 5.74) is 1.24. The number of carbonyl (C=O) groups excluding carboxylic acids is 1. The lowest BCUT2D eigenvalue weighted by molar-refractivity contribution is 0.0895.